The van der Waals surface area contributed by atoms with Crippen LogP contribution in [0.1, 0.15) is 12.0 Å². The monoisotopic (exact) mass is 285 g/mol. The third kappa shape index (κ3) is 3.56. The van der Waals surface area contributed by atoms with E-state index in [-0.39, 0.29) is 12.3 Å². The van der Waals surface area contributed by atoms with Crippen LogP contribution in [0.3, 0.4) is 0 Å². The third-order valence-electron chi connectivity index (χ3n) is 2.57. The standard InChI is InChI=1S/C12H16BrNO2/c13-10-3-1-2-9(6-10)7-11(14)8-12-15-4-5-16-12/h1-3,6,11-12H,4-5,7-8,14H2. The maximum Gasteiger partial charge on any atom is 0.159 e. The normalized spacial score (nSPS) is 18.9. The van der Waals surface area contributed by atoms with Crippen LogP contribution < -0.4 is 5.73 Å². The number of rotatable bonds is 4. The van der Waals surface area contributed by atoms with Crippen LogP contribution >= 0.6 is 15.9 Å². The minimum absolute atomic E-state index is 0.0809. The van der Waals surface area contributed by atoms with Gasteiger partial charge in [-0.25, -0.2) is 0 Å². The van der Waals surface area contributed by atoms with Crippen molar-refractivity contribution in [2.24, 2.45) is 5.73 Å². The van der Waals surface area contributed by atoms with E-state index in [1.165, 1.54) is 5.56 Å². The molecule has 0 spiro atoms. The second-order valence-corrected chi connectivity index (χ2v) is 4.92. The average Bonchev–Trinajstić information content (AvgIpc) is 2.70. The molecule has 1 aromatic carbocycles. The predicted molar refractivity (Wildman–Crippen MR) is 66.1 cm³/mol. The minimum Gasteiger partial charge on any atom is -0.350 e. The van der Waals surface area contributed by atoms with Crippen LogP contribution in [0.25, 0.3) is 0 Å². The number of nitrogens with two attached hydrogens (primary N) is 1. The molecule has 2 rings (SSSR count). The van der Waals surface area contributed by atoms with Gasteiger partial charge in [0.1, 0.15) is 0 Å². The van der Waals surface area contributed by atoms with E-state index in [0.717, 1.165) is 17.3 Å². The Kier molecular flexibility index (Phi) is 4.35. The van der Waals surface area contributed by atoms with Gasteiger partial charge in [-0.2, -0.15) is 0 Å². The van der Waals surface area contributed by atoms with Crippen molar-refractivity contribution in [2.45, 2.75) is 25.2 Å². The summed E-state index contributed by atoms with van der Waals surface area (Å²) < 4.78 is 11.8. The summed E-state index contributed by atoms with van der Waals surface area (Å²) in [7, 11) is 0. The number of hydrogen-bond donors (Lipinski definition) is 1. The molecule has 0 aliphatic carbocycles. The van der Waals surface area contributed by atoms with Gasteiger partial charge in [-0.1, -0.05) is 28.1 Å². The molecule has 1 aliphatic heterocycles. The molecule has 16 heavy (non-hydrogen) atoms. The Hall–Kier alpha value is -0.420. The van der Waals surface area contributed by atoms with Crippen LogP contribution in [0, 0.1) is 0 Å². The first-order valence-electron chi connectivity index (χ1n) is 5.47. The Morgan fingerprint density at radius 1 is 1.38 bits per heavy atom. The molecule has 1 heterocycles. The zero-order chi connectivity index (χ0) is 11.4. The lowest BCUT2D eigenvalue weighted by Crippen LogP contribution is -2.28. The van der Waals surface area contributed by atoms with Crippen molar-refractivity contribution in [2.75, 3.05) is 13.2 Å². The van der Waals surface area contributed by atoms with Crippen molar-refractivity contribution < 1.29 is 9.47 Å². The van der Waals surface area contributed by atoms with Crippen molar-refractivity contribution in [3.63, 3.8) is 0 Å². The Balaban J connectivity index is 1.84. The zero-order valence-corrected chi connectivity index (χ0v) is 10.7. The lowest BCUT2D eigenvalue weighted by Gasteiger charge is -2.15. The Bertz CT molecular complexity index is 340. The van der Waals surface area contributed by atoms with Crippen molar-refractivity contribution in [3.8, 4) is 0 Å². The van der Waals surface area contributed by atoms with E-state index >= 15 is 0 Å². The smallest absolute Gasteiger partial charge is 0.159 e. The van der Waals surface area contributed by atoms with Crippen LogP contribution in [0.4, 0.5) is 0 Å². The topological polar surface area (TPSA) is 44.5 Å². The average molecular weight is 286 g/mol. The molecule has 2 N–H and O–H groups in total. The van der Waals surface area contributed by atoms with Gasteiger partial charge in [0.2, 0.25) is 0 Å². The van der Waals surface area contributed by atoms with Gasteiger partial charge in [0, 0.05) is 16.9 Å². The fourth-order valence-corrected chi connectivity index (χ4v) is 2.29. The van der Waals surface area contributed by atoms with Crippen molar-refractivity contribution in [1.82, 2.24) is 0 Å². The molecule has 1 aromatic rings. The minimum atomic E-state index is -0.109. The first-order chi connectivity index (χ1) is 7.74. The molecular formula is C12H16BrNO2. The fraction of sp³-hybridized carbons (Fsp3) is 0.500. The summed E-state index contributed by atoms with van der Waals surface area (Å²) in [6.07, 6.45) is 1.50. The molecule has 0 saturated carbocycles. The molecule has 3 nitrogen and oxygen atoms in total. The first kappa shape index (κ1) is 12.0. The number of hydrogen-bond acceptors (Lipinski definition) is 3. The Morgan fingerprint density at radius 3 is 2.81 bits per heavy atom. The van der Waals surface area contributed by atoms with Crippen LogP contribution in [0.15, 0.2) is 28.7 Å². The Labute approximate surface area is 104 Å². The molecule has 0 aromatic heterocycles. The highest BCUT2D eigenvalue weighted by Crippen LogP contribution is 2.15. The van der Waals surface area contributed by atoms with E-state index in [1.807, 2.05) is 12.1 Å². The van der Waals surface area contributed by atoms with Crippen LogP contribution in [-0.4, -0.2) is 25.5 Å². The maximum absolute atomic E-state index is 6.06. The molecule has 88 valence electrons. The molecule has 1 aliphatic rings. The van der Waals surface area contributed by atoms with Gasteiger partial charge in [-0.05, 0) is 24.1 Å². The molecule has 4 heteroatoms. The lowest BCUT2D eigenvalue weighted by molar-refractivity contribution is -0.0504. The fourth-order valence-electron chi connectivity index (χ4n) is 1.84. The Morgan fingerprint density at radius 2 is 2.12 bits per heavy atom. The second kappa shape index (κ2) is 5.77. The van der Waals surface area contributed by atoms with Crippen molar-refractivity contribution >= 4 is 15.9 Å². The molecule has 1 atom stereocenters. The van der Waals surface area contributed by atoms with E-state index in [0.29, 0.717) is 13.2 Å². The number of ether oxygens (including phenoxy) is 2. The van der Waals surface area contributed by atoms with E-state index in [2.05, 4.69) is 28.1 Å². The quantitative estimate of drug-likeness (QED) is 0.921. The molecule has 0 amide bonds. The molecule has 0 radical (unpaired) electrons. The highest BCUT2D eigenvalue weighted by molar-refractivity contribution is 9.10. The van der Waals surface area contributed by atoms with Crippen molar-refractivity contribution in [3.05, 3.63) is 34.3 Å². The van der Waals surface area contributed by atoms with Crippen LogP contribution in [0.2, 0.25) is 0 Å². The second-order valence-electron chi connectivity index (χ2n) is 4.00. The zero-order valence-electron chi connectivity index (χ0n) is 9.06. The summed E-state index contributed by atoms with van der Waals surface area (Å²) in [5.74, 6) is 0. The number of benzene rings is 1. The molecule has 1 saturated heterocycles. The van der Waals surface area contributed by atoms with Gasteiger partial charge in [0.25, 0.3) is 0 Å². The summed E-state index contributed by atoms with van der Waals surface area (Å²) >= 11 is 3.45. The van der Waals surface area contributed by atoms with Gasteiger partial charge < -0.3 is 15.2 Å². The van der Waals surface area contributed by atoms with E-state index in [4.69, 9.17) is 15.2 Å². The van der Waals surface area contributed by atoms with Gasteiger partial charge >= 0.3 is 0 Å². The van der Waals surface area contributed by atoms with Crippen LogP contribution in [-0.2, 0) is 15.9 Å². The van der Waals surface area contributed by atoms with E-state index in [9.17, 15) is 0 Å². The first-order valence-corrected chi connectivity index (χ1v) is 6.26. The highest BCUT2D eigenvalue weighted by atomic mass is 79.9. The van der Waals surface area contributed by atoms with Crippen molar-refractivity contribution in [1.29, 1.82) is 0 Å². The highest BCUT2D eigenvalue weighted by Gasteiger charge is 2.19. The third-order valence-corrected chi connectivity index (χ3v) is 3.07. The molecule has 1 unspecified atom stereocenters. The van der Waals surface area contributed by atoms with Gasteiger partial charge in [0.05, 0.1) is 13.2 Å². The van der Waals surface area contributed by atoms with Gasteiger partial charge in [-0.3, -0.25) is 0 Å². The lowest BCUT2D eigenvalue weighted by atomic mass is 10.0. The SMILES string of the molecule is NC(Cc1cccc(Br)c1)CC1OCCO1. The molecular weight excluding hydrogens is 270 g/mol. The maximum atomic E-state index is 6.06. The van der Waals surface area contributed by atoms with Gasteiger partial charge in [-0.15, -0.1) is 0 Å². The van der Waals surface area contributed by atoms with Crippen LogP contribution in [0.5, 0.6) is 0 Å². The summed E-state index contributed by atoms with van der Waals surface area (Å²) in [6, 6.07) is 8.29. The van der Waals surface area contributed by atoms with E-state index < -0.39 is 0 Å². The molecule has 0 bridgehead atoms. The summed E-state index contributed by atoms with van der Waals surface area (Å²) in [5, 5.41) is 0. The van der Waals surface area contributed by atoms with E-state index in [1.54, 1.807) is 0 Å². The summed E-state index contributed by atoms with van der Waals surface area (Å²) in [4.78, 5) is 0. The number of halogens is 1. The predicted octanol–water partition coefficient (Wildman–Crippen LogP) is 2.08. The summed E-state index contributed by atoms with van der Waals surface area (Å²) in [5.41, 5.74) is 7.30. The largest absolute Gasteiger partial charge is 0.350 e. The summed E-state index contributed by atoms with van der Waals surface area (Å²) in [6.45, 7) is 1.38. The molecule has 1 fully saturated rings. The van der Waals surface area contributed by atoms with Gasteiger partial charge in [0.15, 0.2) is 6.29 Å².